The van der Waals surface area contributed by atoms with Gasteiger partial charge in [0.1, 0.15) is 0 Å². The summed E-state index contributed by atoms with van der Waals surface area (Å²) in [6, 6.07) is 5.99. The van der Waals surface area contributed by atoms with E-state index in [1.807, 2.05) is 0 Å². The minimum Gasteiger partial charge on any atom is -0.462 e. The molecular formula is C22H27N5O6S. The summed E-state index contributed by atoms with van der Waals surface area (Å²) in [6.45, 7) is 0.802. The molecule has 11 nitrogen and oxygen atoms in total. The predicted octanol–water partition coefficient (Wildman–Crippen LogP) is 0.855. The first kappa shape index (κ1) is 23.9. The minimum absolute atomic E-state index is 0.0301. The summed E-state index contributed by atoms with van der Waals surface area (Å²) in [4.78, 5) is 42.1. The number of fused-ring (bicyclic) bond motifs is 1. The molecule has 0 N–H and O–H groups in total. The second-order valence-electron chi connectivity index (χ2n) is 8.28. The first-order valence-corrected chi connectivity index (χ1v) is 12.5. The summed E-state index contributed by atoms with van der Waals surface area (Å²) in [5.74, 6) is -0.765. The number of piperidine rings is 1. The van der Waals surface area contributed by atoms with E-state index < -0.39 is 27.2 Å². The summed E-state index contributed by atoms with van der Waals surface area (Å²) in [6.07, 6.45) is 4.22. The van der Waals surface area contributed by atoms with Gasteiger partial charge >= 0.3 is 11.7 Å². The van der Waals surface area contributed by atoms with E-state index in [9.17, 15) is 22.8 Å². The van der Waals surface area contributed by atoms with Crippen LogP contribution in [-0.4, -0.2) is 57.1 Å². The highest BCUT2D eigenvalue weighted by molar-refractivity contribution is 7.89. The maximum Gasteiger partial charge on any atom is 0.339 e. The van der Waals surface area contributed by atoms with Crippen LogP contribution in [0, 0.1) is 0 Å². The number of aromatic nitrogens is 4. The predicted molar refractivity (Wildman–Crippen MR) is 124 cm³/mol. The number of nitrogens with zero attached hydrogens (tertiary/aromatic N) is 5. The Labute approximate surface area is 196 Å². The Hall–Kier alpha value is -3.25. The average molecular weight is 490 g/mol. The third-order valence-corrected chi connectivity index (χ3v) is 7.96. The van der Waals surface area contributed by atoms with Crippen LogP contribution < -0.4 is 11.2 Å². The Bertz CT molecular complexity index is 1450. The summed E-state index contributed by atoms with van der Waals surface area (Å²) in [7, 11) is -0.607. The number of carbonyl (C=O) groups is 1. The van der Waals surface area contributed by atoms with E-state index in [1.54, 1.807) is 23.7 Å². The molecule has 4 rings (SSSR count). The molecule has 12 heteroatoms. The molecule has 1 aliphatic rings. The second-order valence-corrected chi connectivity index (χ2v) is 10.2. The normalized spacial score (nSPS) is 15.0. The highest BCUT2D eigenvalue weighted by Gasteiger charge is 2.30. The van der Waals surface area contributed by atoms with Gasteiger partial charge in [-0.1, -0.05) is 18.6 Å². The lowest BCUT2D eigenvalue weighted by Gasteiger charge is -2.26. The van der Waals surface area contributed by atoms with Gasteiger partial charge in [0.05, 0.1) is 23.4 Å². The molecule has 0 bridgehead atoms. The maximum absolute atomic E-state index is 13.1. The molecular weight excluding hydrogens is 462 g/mol. The number of hydrogen-bond acceptors (Lipinski definition) is 7. The fourth-order valence-electron chi connectivity index (χ4n) is 4.16. The van der Waals surface area contributed by atoms with Crippen LogP contribution in [0.25, 0.3) is 11.2 Å². The lowest BCUT2D eigenvalue weighted by Crippen LogP contribution is -2.39. The molecule has 1 aliphatic heterocycles. The van der Waals surface area contributed by atoms with E-state index in [-0.39, 0.29) is 30.0 Å². The smallest absolute Gasteiger partial charge is 0.339 e. The van der Waals surface area contributed by atoms with E-state index in [0.717, 1.165) is 23.8 Å². The fourth-order valence-corrected chi connectivity index (χ4v) is 5.86. The number of aryl methyl sites for hydroxylation is 2. The lowest BCUT2D eigenvalue weighted by molar-refractivity contribution is 0.0490. The molecule has 182 valence electrons. The van der Waals surface area contributed by atoms with Gasteiger partial charge in [0.2, 0.25) is 10.0 Å². The summed E-state index contributed by atoms with van der Waals surface area (Å²) >= 11 is 0. The first-order chi connectivity index (χ1) is 16.2. The van der Waals surface area contributed by atoms with Gasteiger partial charge in [-0.3, -0.25) is 13.9 Å². The van der Waals surface area contributed by atoms with Crippen LogP contribution in [0.15, 0.2) is 45.1 Å². The fraction of sp³-hybridized carbons (Fsp3) is 0.455. The number of carbonyl (C=O) groups excluding carboxylic acids is 1. The monoisotopic (exact) mass is 489 g/mol. The quantitative estimate of drug-likeness (QED) is 0.356. The van der Waals surface area contributed by atoms with Crippen molar-refractivity contribution in [3.63, 3.8) is 0 Å². The molecule has 0 unspecified atom stereocenters. The van der Waals surface area contributed by atoms with Gasteiger partial charge in [-0.05, 0) is 31.4 Å². The van der Waals surface area contributed by atoms with E-state index in [0.29, 0.717) is 24.3 Å². The van der Waals surface area contributed by atoms with Crippen LogP contribution >= 0.6 is 0 Å². The molecule has 1 fully saturated rings. The Morgan fingerprint density at radius 1 is 1.09 bits per heavy atom. The van der Waals surface area contributed by atoms with Gasteiger partial charge in [-0.25, -0.2) is 23.0 Å². The van der Waals surface area contributed by atoms with Gasteiger partial charge in [-0.2, -0.15) is 4.31 Å². The van der Waals surface area contributed by atoms with Crippen molar-refractivity contribution >= 4 is 27.2 Å². The Morgan fingerprint density at radius 3 is 2.53 bits per heavy atom. The van der Waals surface area contributed by atoms with Gasteiger partial charge in [-0.15, -0.1) is 0 Å². The lowest BCUT2D eigenvalue weighted by atomic mass is 10.2. The van der Waals surface area contributed by atoms with E-state index in [4.69, 9.17) is 4.74 Å². The van der Waals surface area contributed by atoms with Gasteiger partial charge in [0.25, 0.3) is 5.56 Å². The highest BCUT2D eigenvalue weighted by atomic mass is 32.2. The van der Waals surface area contributed by atoms with Crippen LogP contribution in [0.2, 0.25) is 0 Å². The van der Waals surface area contributed by atoms with Crippen LogP contribution in [-0.2, 0) is 35.4 Å². The van der Waals surface area contributed by atoms with Crippen LogP contribution in [0.5, 0.6) is 0 Å². The van der Waals surface area contributed by atoms with Crippen molar-refractivity contribution in [2.24, 2.45) is 14.1 Å². The molecule has 0 amide bonds. The van der Waals surface area contributed by atoms with E-state index in [2.05, 4.69) is 4.98 Å². The summed E-state index contributed by atoms with van der Waals surface area (Å²) in [5, 5.41) is 0. The topological polar surface area (TPSA) is 126 Å². The van der Waals surface area contributed by atoms with Crippen molar-refractivity contribution in [1.82, 2.24) is 23.0 Å². The van der Waals surface area contributed by atoms with Crippen molar-refractivity contribution in [2.75, 3.05) is 19.7 Å². The van der Waals surface area contributed by atoms with Crippen molar-refractivity contribution in [2.45, 2.75) is 37.1 Å². The molecule has 0 saturated carbocycles. The van der Waals surface area contributed by atoms with E-state index >= 15 is 0 Å². The first-order valence-electron chi connectivity index (χ1n) is 11.1. The largest absolute Gasteiger partial charge is 0.462 e. The molecule has 3 heterocycles. The average Bonchev–Trinajstić information content (AvgIpc) is 3.24. The number of hydrogen-bond donors (Lipinski definition) is 0. The Kier molecular flexibility index (Phi) is 6.71. The number of benzene rings is 1. The van der Waals surface area contributed by atoms with Crippen LogP contribution in [0.4, 0.5) is 0 Å². The molecule has 34 heavy (non-hydrogen) atoms. The molecule has 1 saturated heterocycles. The van der Waals surface area contributed by atoms with Crippen molar-refractivity contribution in [3.8, 4) is 0 Å². The maximum atomic E-state index is 13.1. The molecule has 3 aromatic rings. The van der Waals surface area contributed by atoms with E-state index in [1.165, 1.54) is 34.4 Å². The summed E-state index contributed by atoms with van der Waals surface area (Å²) < 4.78 is 36.8. The number of esters is 1. The summed E-state index contributed by atoms with van der Waals surface area (Å²) in [5.41, 5.74) is -0.414. The molecule has 0 atom stereocenters. The third-order valence-electron chi connectivity index (χ3n) is 6.00. The molecule has 0 radical (unpaired) electrons. The highest BCUT2D eigenvalue weighted by Crippen LogP contribution is 2.24. The van der Waals surface area contributed by atoms with Crippen LogP contribution in [0.3, 0.4) is 0 Å². The van der Waals surface area contributed by atoms with Crippen LogP contribution in [0.1, 0.15) is 36.0 Å². The SMILES string of the molecule is Cn1cnc2c1c(=O)n(CCCOC(=O)c1ccccc1S(=O)(=O)N1CCCCC1)c(=O)n2C. The zero-order valence-electron chi connectivity index (χ0n) is 19.1. The van der Waals surface area contributed by atoms with Crippen molar-refractivity contribution in [3.05, 3.63) is 57.0 Å². The molecule has 0 spiro atoms. The zero-order valence-corrected chi connectivity index (χ0v) is 20.0. The third kappa shape index (κ3) is 4.30. The Morgan fingerprint density at radius 2 is 1.79 bits per heavy atom. The Balaban J connectivity index is 1.47. The number of sulfonamides is 1. The number of imidazole rings is 1. The second kappa shape index (κ2) is 9.55. The standard InChI is InChI=1S/C22H27N5O6S/c1-24-15-23-19-18(24)20(28)27(22(30)25(19)2)13-8-14-33-21(29)16-9-4-5-10-17(16)34(31,32)26-11-6-3-7-12-26/h4-5,9-10,15H,3,6-8,11-14H2,1-2H3. The zero-order chi connectivity index (χ0) is 24.5. The number of ether oxygens (including phenoxy) is 1. The van der Waals surface area contributed by atoms with Crippen molar-refractivity contribution < 1.29 is 17.9 Å². The molecule has 1 aromatic carbocycles. The van der Waals surface area contributed by atoms with Gasteiger partial charge < -0.3 is 9.30 Å². The number of rotatable bonds is 7. The minimum atomic E-state index is -3.81. The van der Waals surface area contributed by atoms with Gasteiger partial charge in [0.15, 0.2) is 11.2 Å². The van der Waals surface area contributed by atoms with Gasteiger partial charge in [0, 0.05) is 33.7 Å². The molecule has 0 aliphatic carbocycles. The van der Waals surface area contributed by atoms with Crippen molar-refractivity contribution in [1.29, 1.82) is 0 Å². The molecule has 2 aromatic heterocycles.